The smallest absolute Gasteiger partial charge is 0.273 e. The summed E-state index contributed by atoms with van der Waals surface area (Å²) in [6, 6.07) is 3.65. The molecule has 9 heteroatoms. The number of hydrogen-bond acceptors (Lipinski definition) is 6. The van der Waals surface area contributed by atoms with Gasteiger partial charge in [0.15, 0.2) is 0 Å². The minimum atomic E-state index is -1.20. The molecule has 1 aromatic heterocycles. The van der Waals surface area contributed by atoms with E-state index in [4.69, 9.17) is 0 Å². The van der Waals surface area contributed by atoms with Gasteiger partial charge < -0.3 is 15.3 Å². The van der Waals surface area contributed by atoms with Crippen molar-refractivity contribution < 1.29 is 18.7 Å². The van der Waals surface area contributed by atoms with Crippen LogP contribution in [-0.2, 0) is 11.3 Å². The highest BCUT2D eigenvalue weighted by atomic mass is 19.1. The molecule has 0 spiro atoms. The maximum atomic E-state index is 14.5. The lowest BCUT2D eigenvalue weighted by Gasteiger charge is -2.26. The Balaban J connectivity index is 1.46. The maximum Gasteiger partial charge on any atom is 0.273 e. The highest BCUT2D eigenvalue weighted by Crippen LogP contribution is 2.37. The molecule has 32 heavy (non-hydrogen) atoms. The molecule has 2 aliphatic heterocycles. The molecule has 1 saturated carbocycles. The lowest BCUT2D eigenvalue weighted by molar-refractivity contribution is -0.125. The molecule has 3 heterocycles. The monoisotopic (exact) mass is 441 g/mol. The van der Waals surface area contributed by atoms with E-state index in [1.54, 1.807) is 6.07 Å². The molecule has 0 bridgehead atoms. The number of amides is 1. The number of fused-ring (bicyclic) bond motifs is 1. The molecule has 168 valence electrons. The Labute approximate surface area is 184 Å². The predicted molar refractivity (Wildman–Crippen MR) is 115 cm³/mol. The van der Waals surface area contributed by atoms with Crippen LogP contribution < -0.4 is 5.32 Å². The predicted octanol–water partition coefficient (Wildman–Crippen LogP) is 2.86. The number of anilines is 1. The third-order valence-corrected chi connectivity index (χ3v) is 6.66. The van der Waals surface area contributed by atoms with E-state index in [0.717, 1.165) is 18.4 Å². The highest BCUT2D eigenvalue weighted by molar-refractivity contribution is 6.47. The van der Waals surface area contributed by atoms with Gasteiger partial charge in [-0.25, -0.2) is 18.7 Å². The fraction of sp³-hybridized carbons (Fsp3) is 0.478. The van der Waals surface area contributed by atoms with E-state index in [2.05, 4.69) is 20.3 Å². The van der Waals surface area contributed by atoms with Crippen molar-refractivity contribution in [3.05, 3.63) is 52.7 Å². The van der Waals surface area contributed by atoms with Gasteiger partial charge in [0.2, 0.25) is 0 Å². The average molecular weight is 441 g/mol. The van der Waals surface area contributed by atoms with E-state index in [-0.39, 0.29) is 31.3 Å². The van der Waals surface area contributed by atoms with Crippen molar-refractivity contribution in [2.24, 2.45) is 4.99 Å². The molecule has 1 aliphatic carbocycles. The molecule has 5 rings (SSSR count). The Morgan fingerprint density at radius 2 is 2.12 bits per heavy atom. The lowest BCUT2D eigenvalue weighted by atomic mass is 9.98. The Kier molecular flexibility index (Phi) is 5.36. The number of nitrogens with one attached hydrogen (secondary N) is 1. The van der Waals surface area contributed by atoms with E-state index in [9.17, 15) is 18.7 Å². The summed E-state index contributed by atoms with van der Waals surface area (Å²) in [4.78, 5) is 28.0. The van der Waals surface area contributed by atoms with Gasteiger partial charge in [0.25, 0.3) is 5.91 Å². The standard InChI is InChI=1S/C23H25F2N5O2/c1-12-5-6-13(24)7-15(12)18-8-14(25)10-30(18)23(32)21-20-17(9-26-21)27-11-28-22(20)29-16-3-2-4-19(16)31/h5-7,11,14,16,18-19,31H,2-4,8-10H2,1H3,(H,27,28,29)/t14-,16+,18+,19+/m0/s1. The van der Waals surface area contributed by atoms with Crippen LogP contribution in [0.15, 0.2) is 29.5 Å². The summed E-state index contributed by atoms with van der Waals surface area (Å²) < 4.78 is 28.4. The molecule has 4 atom stereocenters. The number of halogens is 2. The van der Waals surface area contributed by atoms with Gasteiger partial charge in [-0.15, -0.1) is 0 Å². The second kappa shape index (κ2) is 8.20. The summed E-state index contributed by atoms with van der Waals surface area (Å²) in [5.41, 5.74) is 2.72. The number of aliphatic hydroxyl groups excluding tert-OH is 1. The third kappa shape index (κ3) is 3.64. The summed E-state index contributed by atoms with van der Waals surface area (Å²) in [6.45, 7) is 1.98. The zero-order chi connectivity index (χ0) is 22.4. The number of likely N-dealkylation sites (tertiary alicyclic amines) is 1. The molecule has 3 aliphatic rings. The third-order valence-electron chi connectivity index (χ3n) is 6.66. The number of aromatic nitrogens is 2. The molecule has 2 fully saturated rings. The highest BCUT2D eigenvalue weighted by Gasteiger charge is 2.41. The summed E-state index contributed by atoms with van der Waals surface area (Å²) in [5, 5.41) is 13.5. The normalized spacial score (nSPS) is 26.9. The maximum absolute atomic E-state index is 14.5. The number of aryl methyl sites for hydroxylation is 1. The van der Waals surface area contributed by atoms with Crippen molar-refractivity contribution in [2.75, 3.05) is 11.9 Å². The molecular weight excluding hydrogens is 416 g/mol. The van der Waals surface area contributed by atoms with Crippen molar-refractivity contribution in [1.82, 2.24) is 14.9 Å². The van der Waals surface area contributed by atoms with Gasteiger partial charge in [0.1, 0.15) is 29.8 Å². The second-order valence-corrected chi connectivity index (χ2v) is 8.77. The van der Waals surface area contributed by atoms with Gasteiger partial charge in [-0.1, -0.05) is 6.07 Å². The van der Waals surface area contributed by atoms with Gasteiger partial charge in [-0.2, -0.15) is 0 Å². The average Bonchev–Trinajstić information content (AvgIpc) is 3.48. The summed E-state index contributed by atoms with van der Waals surface area (Å²) >= 11 is 0. The van der Waals surface area contributed by atoms with Crippen LogP contribution in [0.1, 0.15) is 54.1 Å². The Hall–Kier alpha value is -2.94. The first-order chi connectivity index (χ1) is 15.4. The van der Waals surface area contributed by atoms with Crippen molar-refractivity contribution >= 4 is 17.4 Å². The molecule has 2 N–H and O–H groups in total. The number of benzene rings is 1. The molecular formula is C23H25F2N5O2. The molecule has 0 unspecified atom stereocenters. The number of alkyl halides is 1. The lowest BCUT2D eigenvalue weighted by Crippen LogP contribution is -2.38. The van der Waals surface area contributed by atoms with Crippen molar-refractivity contribution in [3.8, 4) is 0 Å². The van der Waals surface area contributed by atoms with Gasteiger partial charge in [-0.3, -0.25) is 9.79 Å². The van der Waals surface area contributed by atoms with E-state index in [1.807, 2.05) is 6.92 Å². The minimum absolute atomic E-state index is 0.0778. The summed E-state index contributed by atoms with van der Waals surface area (Å²) in [6.07, 6.45) is 2.27. The van der Waals surface area contributed by atoms with Crippen molar-refractivity contribution in [3.63, 3.8) is 0 Å². The Morgan fingerprint density at radius 3 is 2.91 bits per heavy atom. The zero-order valence-corrected chi connectivity index (χ0v) is 17.8. The number of aliphatic imine (C=N–C) groups is 1. The van der Waals surface area contributed by atoms with E-state index in [0.29, 0.717) is 29.1 Å². The van der Waals surface area contributed by atoms with Crippen LogP contribution in [0.25, 0.3) is 0 Å². The summed E-state index contributed by atoms with van der Waals surface area (Å²) in [5.74, 6) is -0.374. The Morgan fingerprint density at radius 1 is 1.28 bits per heavy atom. The molecule has 0 radical (unpaired) electrons. The van der Waals surface area contributed by atoms with Gasteiger partial charge in [0.05, 0.1) is 42.5 Å². The van der Waals surface area contributed by atoms with Crippen LogP contribution in [-0.4, -0.2) is 56.5 Å². The van der Waals surface area contributed by atoms with Crippen LogP contribution in [0.3, 0.4) is 0 Å². The van der Waals surface area contributed by atoms with E-state index in [1.165, 1.54) is 23.4 Å². The van der Waals surface area contributed by atoms with Crippen LogP contribution in [0.4, 0.5) is 14.6 Å². The van der Waals surface area contributed by atoms with Gasteiger partial charge in [-0.05, 0) is 49.4 Å². The van der Waals surface area contributed by atoms with Crippen molar-refractivity contribution in [1.29, 1.82) is 0 Å². The van der Waals surface area contributed by atoms with Crippen LogP contribution >= 0.6 is 0 Å². The van der Waals surface area contributed by atoms with E-state index >= 15 is 0 Å². The number of aliphatic hydroxyl groups is 1. The van der Waals surface area contributed by atoms with E-state index < -0.39 is 30.0 Å². The fourth-order valence-corrected chi connectivity index (χ4v) is 5.00. The number of carbonyl (C=O) groups is 1. The minimum Gasteiger partial charge on any atom is -0.391 e. The molecule has 7 nitrogen and oxygen atoms in total. The second-order valence-electron chi connectivity index (χ2n) is 8.77. The Bertz CT molecular complexity index is 1090. The molecule has 2 aromatic rings. The first-order valence-corrected chi connectivity index (χ1v) is 11.0. The number of hydrogen-bond donors (Lipinski definition) is 2. The molecule has 1 saturated heterocycles. The van der Waals surface area contributed by atoms with Crippen LogP contribution in [0.2, 0.25) is 0 Å². The van der Waals surface area contributed by atoms with Crippen LogP contribution in [0.5, 0.6) is 0 Å². The molecule has 1 amide bonds. The van der Waals surface area contributed by atoms with Crippen LogP contribution in [0, 0.1) is 12.7 Å². The first kappa shape index (κ1) is 20.9. The SMILES string of the molecule is Cc1ccc(F)cc1[C@H]1C[C@H](F)CN1C(=O)C1=NCc2ncnc(N[C@@H]3CCC[C@H]3O)c21. The first-order valence-electron chi connectivity index (χ1n) is 11.0. The topological polar surface area (TPSA) is 90.7 Å². The molecule has 1 aromatic carbocycles. The number of rotatable bonds is 4. The zero-order valence-electron chi connectivity index (χ0n) is 17.8. The quantitative estimate of drug-likeness (QED) is 0.762. The van der Waals surface area contributed by atoms with Gasteiger partial charge in [0, 0.05) is 6.42 Å². The fourth-order valence-electron chi connectivity index (χ4n) is 5.00. The van der Waals surface area contributed by atoms with Gasteiger partial charge >= 0.3 is 0 Å². The number of carbonyl (C=O) groups excluding carboxylic acids is 1. The largest absolute Gasteiger partial charge is 0.391 e. The summed E-state index contributed by atoms with van der Waals surface area (Å²) in [7, 11) is 0. The number of nitrogens with zero attached hydrogens (tertiary/aromatic N) is 4. The van der Waals surface area contributed by atoms with Crippen molar-refractivity contribution in [2.45, 2.75) is 63.5 Å².